The number of rotatable bonds is 5. The molecule has 146 valence electrons. The van der Waals surface area contributed by atoms with Crippen LogP contribution in [0.5, 0.6) is 0 Å². The molecule has 2 heterocycles. The maximum absolute atomic E-state index is 13.8. The molecule has 5 nitrogen and oxygen atoms in total. The number of thiazole rings is 1. The summed E-state index contributed by atoms with van der Waals surface area (Å²) in [6, 6.07) is 10.5. The van der Waals surface area contributed by atoms with Crippen LogP contribution in [0, 0.1) is 11.6 Å². The van der Waals surface area contributed by atoms with Gasteiger partial charge in [0, 0.05) is 44.8 Å². The van der Waals surface area contributed by atoms with E-state index < -0.39 is 0 Å². The first kappa shape index (κ1) is 18.8. The average molecular weight is 402 g/mol. The van der Waals surface area contributed by atoms with Crippen molar-refractivity contribution in [2.75, 3.05) is 44.2 Å². The van der Waals surface area contributed by atoms with E-state index in [1.807, 2.05) is 6.07 Å². The lowest BCUT2D eigenvalue weighted by Crippen LogP contribution is -2.48. The van der Waals surface area contributed by atoms with Gasteiger partial charge >= 0.3 is 0 Å². The number of carbonyl (C=O) groups is 1. The summed E-state index contributed by atoms with van der Waals surface area (Å²) < 4.78 is 27.6. The van der Waals surface area contributed by atoms with Crippen LogP contribution in [0.2, 0.25) is 0 Å². The molecule has 0 saturated carbocycles. The van der Waals surface area contributed by atoms with Gasteiger partial charge in [0.1, 0.15) is 17.2 Å². The predicted octanol–water partition coefficient (Wildman–Crippen LogP) is 3.13. The zero-order valence-corrected chi connectivity index (χ0v) is 16.0. The van der Waals surface area contributed by atoms with Crippen molar-refractivity contribution in [3.05, 3.63) is 59.7 Å². The van der Waals surface area contributed by atoms with Crippen molar-refractivity contribution in [3.8, 4) is 0 Å². The lowest BCUT2D eigenvalue weighted by atomic mass is 10.2. The van der Waals surface area contributed by atoms with E-state index in [9.17, 15) is 13.6 Å². The zero-order valence-electron chi connectivity index (χ0n) is 15.2. The molecule has 1 aliphatic rings. The fraction of sp³-hybridized carbons (Fsp3) is 0.300. The number of aromatic nitrogens is 1. The summed E-state index contributed by atoms with van der Waals surface area (Å²) in [5.74, 6) is -0.837. The Kier molecular flexibility index (Phi) is 5.50. The van der Waals surface area contributed by atoms with Crippen LogP contribution in [0.3, 0.4) is 0 Å². The highest BCUT2D eigenvalue weighted by atomic mass is 32.1. The van der Waals surface area contributed by atoms with Crippen molar-refractivity contribution >= 4 is 32.6 Å². The molecule has 0 radical (unpaired) electrons. The Morgan fingerprint density at radius 1 is 1.07 bits per heavy atom. The van der Waals surface area contributed by atoms with Crippen molar-refractivity contribution in [1.29, 1.82) is 0 Å². The van der Waals surface area contributed by atoms with Gasteiger partial charge in [-0.2, -0.15) is 0 Å². The van der Waals surface area contributed by atoms with Crippen LogP contribution in [-0.2, 0) is 0 Å². The number of halogens is 2. The first-order chi connectivity index (χ1) is 13.6. The minimum Gasteiger partial charge on any atom is -0.351 e. The quantitative estimate of drug-likeness (QED) is 0.713. The third-order valence-electron chi connectivity index (χ3n) is 4.82. The van der Waals surface area contributed by atoms with Gasteiger partial charge in [0.15, 0.2) is 5.13 Å². The second-order valence-electron chi connectivity index (χ2n) is 6.67. The summed E-state index contributed by atoms with van der Waals surface area (Å²) in [7, 11) is 0. The lowest BCUT2D eigenvalue weighted by Gasteiger charge is -2.34. The number of fused-ring (bicyclic) bond motifs is 1. The Balaban J connectivity index is 1.25. The van der Waals surface area contributed by atoms with Crippen LogP contribution in [0.1, 0.15) is 10.4 Å². The van der Waals surface area contributed by atoms with Gasteiger partial charge in [-0.25, -0.2) is 13.8 Å². The smallest absolute Gasteiger partial charge is 0.251 e. The fourth-order valence-electron chi connectivity index (χ4n) is 3.23. The van der Waals surface area contributed by atoms with Gasteiger partial charge in [-0.05, 0) is 36.4 Å². The maximum atomic E-state index is 13.8. The van der Waals surface area contributed by atoms with Crippen molar-refractivity contribution in [2.24, 2.45) is 0 Å². The van der Waals surface area contributed by atoms with Crippen LogP contribution in [0.25, 0.3) is 10.2 Å². The molecular weight excluding hydrogens is 382 g/mol. The van der Waals surface area contributed by atoms with E-state index in [-0.39, 0.29) is 17.5 Å². The van der Waals surface area contributed by atoms with Crippen molar-refractivity contribution in [2.45, 2.75) is 0 Å². The zero-order chi connectivity index (χ0) is 19.5. The van der Waals surface area contributed by atoms with E-state index in [1.165, 1.54) is 41.7 Å². The molecule has 2 aromatic carbocycles. The van der Waals surface area contributed by atoms with Crippen molar-refractivity contribution in [3.63, 3.8) is 0 Å². The molecule has 0 atom stereocenters. The molecule has 4 rings (SSSR count). The summed E-state index contributed by atoms with van der Waals surface area (Å²) >= 11 is 1.51. The van der Waals surface area contributed by atoms with E-state index in [4.69, 9.17) is 0 Å². The highest BCUT2D eigenvalue weighted by Crippen LogP contribution is 2.30. The van der Waals surface area contributed by atoms with E-state index >= 15 is 0 Å². The van der Waals surface area contributed by atoms with Gasteiger partial charge in [0.05, 0.1) is 4.70 Å². The van der Waals surface area contributed by atoms with Gasteiger partial charge in [0.25, 0.3) is 5.91 Å². The van der Waals surface area contributed by atoms with E-state index in [0.717, 1.165) is 42.6 Å². The molecule has 8 heteroatoms. The Labute approximate surface area is 165 Å². The van der Waals surface area contributed by atoms with Gasteiger partial charge in [-0.3, -0.25) is 9.69 Å². The highest BCUT2D eigenvalue weighted by Gasteiger charge is 2.20. The van der Waals surface area contributed by atoms with E-state index in [1.54, 1.807) is 6.07 Å². The fourth-order valence-corrected chi connectivity index (χ4v) is 4.26. The van der Waals surface area contributed by atoms with Gasteiger partial charge < -0.3 is 10.2 Å². The number of hydrogen-bond acceptors (Lipinski definition) is 5. The number of para-hydroxylation sites is 1. The molecule has 1 aromatic heterocycles. The van der Waals surface area contributed by atoms with Crippen LogP contribution in [0.4, 0.5) is 13.9 Å². The normalized spacial score (nSPS) is 15.1. The average Bonchev–Trinajstić information content (AvgIpc) is 3.15. The van der Waals surface area contributed by atoms with Crippen molar-refractivity contribution in [1.82, 2.24) is 15.2 Å². The number of amides is 1. The van der Waals surface area contributed by atoms with Crippen LogP contribution < -0.4 is 10.2 Å². The minimum atomic E-state index is -0.356. The minimum absolute atomic E-state index is 0.199. The number of carbonyl (C=O) groups excluding carboxylic acids is 1. The Morgan fingerprint density at radius 3 is 2.54 bits per heavy atom. The first-order valence-electron chi connectivity index (χ1n) is 9.16. The standard InChI is InChI=1S/C20H20F2N4OS/c21-15-6-4-14(5-7-15)19(27)23-8-9-25-10-12-26(13-11-25)20-24-18-16(22)2-1-3-17(18)28-20/h1-7H,8-13H2,(H,23,27). The SMILES string of the molecule is O=C(NCCN1CCN(c2nc3c(F)cccc3s2)CC1)c1ccc(F)cc1. The Bertz CT molecular complexity index is 968. The lowest BCUT2D eigenvalue weighted by molar-refractivity contribution is 0.0947. The van der Waals surface area contributed by atoms with Crippen LogP contribution >= 0.6 is 11.3 Å². The summed E-state index contributed by atoms with van der Waals surface area (Å²) in [5.41, 5.74) is 0.891. The molecular formula is C20H20F2N4OS. The molecule has 0 aliphatic carbocycles. The predicted molar refractivity (Wildman–Crippen MR) is 107 cm³/mol. The molecule has 1 saturated heterocycles. The van der Waals surface area contributed by atoms with Gasteiger partial charge in [-0.1, -0.05) is 17.4 Å². The molecule has 1 fully saturated rings. The molecule has 1 aliphatic heterocycles. The number of anilines is 1. The number of nitrogens with one attached hydrogen (secondary N) is 1. The third-order valence-corrected chi connectivity index (χ3v) is 5.90. The maximum Gasteiger partial charge on any atom is 0.251 e. The Hall–Kier alpha value is -2.58. The largest absolute Gasteiger partial charge is 0.351 e. The molecule has 1 amide bonds. The summed E-state index contributed by atoms with van der Waals surface area (Å²) in [5, 5.41) is 3.72. The molecule has 28 heavy (non-hydrogen) atoms. The molecule has 0 spiro atoms. The number of piperazine rings is 1. The van der Waals surface area contributed by atoms with Gasteiger partial charge in [-0.15, -0.1) is 0 Å². The summed E-state index contributed by atoms with van der Waals surface area (Å²) in [6.07, 6.45) is 0. The molecule has 1 N–H and O–H groups in total. The number of benzene rings is 2. The van der Waals surface area contributed by atoms with E-state index in [2.05, 4.69) is 20.1 Å². The van der Waals surface area contributed by atoms with Crippen LogP contribution in [0.15, 0.2) is 42.5 Å². The highest BCUT2D eigenvalue weighted by molar-refractivity contribution is 7.22. The Morgan fingerprint density at radius 2 is 1.82 bits per heavy atom. The molecule has 0 bridgehead atoms. The third kappa shape index (κ3) is 4.13. The van der Waals surface area contributed by atoms with Crippen LogP contribution in [-0.4, -0.2) is 55.1 Å². The van der Waals surface area contributed by atoms with Crippen molar-refractivity contribution < 1.29 is 13.6 Å². The van der Waals surface area contributed by atoms with Gasteiger partial charge in [0.2, 0.25) is 0 Å². The monoisotopic (exact) mass is 402 g/mol. The van der Waals surface area contributed by atoms with E-state index in [0.29, 0.717) is 17.6 Å². The number of nitrogens with zero attached hydrogens (tertiary/aromatic N) is 3. The summed E-state index contributed by atoms with van der Waals surface area (Å²) in [6.45, 7) is 4.61. The summed E-state index contributed by atoms with van der Waals surface area (Å²) in [4.78, 5) is 21.0. The molecule has 0 unspecified atom stereocenters. The topological polar surface area (TPSA) is 48.5 Å². The second-order valence-corrected chi connectivity index (χ2v) is 7.68. The first-order valence-corrected chi connectivity index (χ1v) is 9.98. The molecule has 3 aromatic rings. The second kappa shape index (κ2) is 8.20. The number of hydrogen-bond donors (Lipinski definition) is 1.